The van der Waals surface area contributed by atoms with Gasteiger partial charge in [0.05, 0.1) is 17.4 Å². The summed E-state index contributed by atoms with van der Waals surface area (Å²) in [5.41, 5.74) is 1.77. The first-order valence-corrected chi connectivity index (χ1v) is 7.94. The fraction of sp³-hybridized carbons (Fsp3) is 0.200. The van der Waals surface area contributed by atoms with Gasteiger partial charge in [0.2, 0.25) is 10.0 Å². The van der Waals surface area contributed by atoms with Gasteiger partial charge in [0.15, 0.2) is 0 Å². The van der Waals surface area contributed by atoms with Crippen LogP contribution in [0.4, 0.5) is 0 Å². The van der Waals surface area contributed by atoms with Gasteiger partial charge >= 0.3 is 0 Å². The molecule has 2 rings (SSSR count). The van der Waals surface area contributed by atoms with Gasteiger partial charge < -0.3 is 0 Å². The van der Waals surface area contributed by atoms with Crippen LogP contribution in [0.15, 0.2) is 53.7 Å². The second-order valence-corrected chi connectivity index (χ2v) is 6.25. The van der Waals surface area contributed by atoms with Crippen LogP contribution in [-0.2, 0) is 22.9 Å². The van der Waals surface area contributed by atoms with E-state index < -0.39 is 10.0 Å². The van der Waals surface area contributed by atoms with E-state index >= 15 is 0 Å². The van der Waals surface area contributed by atoms with Gasteiger partial charge in [-0.05, 0) is 35.7 Å². The molecule has 0 saturated carbocycles. The molecule has 1 heterocycles. The van der Waals surface area contributed by atoms with Gasteiger partial charge in [-0.25, -0.2) is 13.1 Å². The molecular formula is C15H15N3O2S. The number of aromatic nitrogens is 1. The lowest BCUT2D eigenvalue weighted by Gasteiger charge is -2.07. The van der Waals surface area contributed by atoms with E-state index in [1.165, 1.54) is 12.1 Å². The minimum atomic E-state index is -3.52. The van der Waals surface area contributed by atoms with Crippen LogP contribution in [0.1, 0.15) is 11.1 Å². The molecular weight excluding hydrogens is 286 g/mol. The highest BCUT2D eigenvalue weighted by molar-refractivity contribution is 7.89. The quantitative estimate of drug-likeness (QED) is 0.879. The van der Waals surface area contributed by atoms with Gasteiger partial charge in [-0.3, -0.25) is 4.98 Å². The lowest BCUT2D eigenvalue weighted by Crippen LogP contribution is -2.26. The van der Waals surface area contributed by atoms with E-state index in [1.54, 1.807) is 24.5 Å². The minimum Gasteiger partial charge on any atom is -0.264 e. The van der Waals surface area contributed by atoms with Crippen LogP contribution >= 0.6 is 0 Å². The Morgan fingerprint density at radius 3 is 2.52 bits per heavy atom. The second kappa shape index (κ2) is 6.97. The first-order valence-electron chi connectivity index (χ1n) is 6.46. The molecule has 0 radical (unpaired) electrons. The van der Waals surface area contributed by atoms with Crippen molar-refractivity contribution in [2.75, 3.05) is 6.54 Å². The number of hydrogen-bond acceptors (Lipinski definition) is 4. The number of nitrogens with zero attached hydrogens (tertiary/aromatic N) is 2. The molecule has 0 aliphatic carbocycles. The highest BCUT2D eigenvalue weighted by Crippen LogP contribution is 2.11. The zero-order chi connectivity index (χ0) is 15.1. The standard InChI is InChI=1S/C15H15N3O2S/c16-9-7-13-3-5-15(6-4-13)21(19,20)18-11-8-14-2-1-10-17-12-14/h1-6,10,12,18H,7-8,11H2. The van der Waals surface area contributed by atoms with Crippen LogP contribution in [-0.4, -0.2) is 19.9 Å². The molecule has 2 aromatic rings. The Kier molecular flexibility index (Phi) is 5.04. The van der Waals surface area contributed by atoms with Gasteiger partial charge in [0.25, 0.3) is 0 Å². The summed E-state index contributed by atoms with van der Waals surface area (Å²) in [5, 5.41) is 8.59. The van der Waals surface area contributed by atoms with Crippen molar-refractivity contribution >= 4 is 10.0 Å². The largest absolute Gasteiger partial charge is 0.264 e. The smallest absolute Gasteiger partial charge is 0.240 e. The van der Waals surface area contributed by atoms with Crippen molar-refractivity contribution in [2.24, 2.45) is 0 Å². The molecule has 0 aliphatic rings. The predicted octanol–water partition coefficient (Wildman–Crippen LogP) is 1.67. The number of hydrogen-bond donors (Lipinski definition) is 1. The SMILES string of the molecule is N#CCc1ccc(S(=O)(=O)NCCc2cccnc2)cc1. The summed E-state index contributed by atoms with van der Waals surface area (Å²) < 4.78 is 26.8. The van der Waals surface area contributed by atoms with Crippen molar-refractivity contribution < 1.29 is 8.42 Å². The molecule has 6 heteroatoms. The van der Waals surface area contributed by atoms with E-state index in [-0.39, 0.29) is 11.3 Å². The van der Waals surface area contributed by atoms with Crippen LogP contribution < -0.4 is 4.72 Å². The summed E-state index contributed by atoms with van der Waals surface area (Å²) in [7, 11) is -3.52. The summed E-state index contributed by atoms with van der Waals surface area (Å²) in [6.45, 7) is 0.313. The monoisotopic (exact) mass is 301 g/mol. The molecule has 1 aromatic carbocycles. The summed E-state index contributed by atoms with van der Waals surface area (Å²) in [4.78, 5) is 4.19. The molecule has 0 unspecified atom stereocenters. The summed E-state index contributed by atoms with van der Waals surface area (Å²) in [6.07, 6.45) is 4.25. The molecule has 1 N–H and O–H groups in total. The molecule has 0 saturated heterocycles. The number of rotatable bonds is 6. The van der Waals surface area contributed by atoms with Crippen molar-refractivity contribution in [1.29, 1.82) is 5.26 Å². The summed E-state index contributed by atoms with van der Waals surface area (Å²) in [6, 6.07) is 12.1. The maximum absolute atomic E-state index is 12.1. The van der Waals surface area contributed by atoms with E-state index in [9.17, 15) is 8.42 Å². The molecule has 0 fully saturated rings. The number of nitriles is 1. The third-order valence-electron chi connectivity index (χ3n) is 2.95. The van der Waals surface area contributed by atoms with Crippen LogP contribution in [0.2, 0.25) is 0 Å². The van der Waals surface area contributed by atoms with Crippen molar-refractivity contribution in [3.05, 3.63) is 59.9 Å². The zero-order valence-corrected chi connectivity index (χ0v) is 12.2. The van der Waals surface area contributed by atoms with Crippen molar-refractivity contribution in [1.82, 2.24) is 9.71 Å². The number of nitrogens with one attached hydrogen (secondary N) is 1. The Balaban J connectivity index is 1.97. The molecule has 0 atom stereocenters. The van der Waals surface area contributed by atoms with Crippen LogP contribution in [0.5, 0.6) is 0 Å². The van der Waals surface area contributed by atoms with Crippen LogP contribution in [0.3, 0.4) is 0 Å². The van der Waals surface area contributed by atoms with E-state index in [4.69, 9.17) is 5.26 Å². The molecule has 0 spiro atoms. The molecule has 0 amide bonds. The lowest BCUT2D eigenvalue weighted by atomic mass is 10.2. The Morgan fingerprint density at radius 2 is 1.90 bits per heavy atom. The van der Waals surface area contributed by atoms with Crippen molar-refractivity contribution in [3.63, 3.8) is 0 Å². The molecule has 0 aliphatic heterocycles. The molecule has 1 aromatic heterocycles. The van der Waals surface area contributed by atoms with Crippen molar-refractivity contribution in [3.8, 4) is 6.07 Å². The maximum Gasteiger partial charge on any atom is 0.240 e. The fourth-order valence-electron chi connectivity index (χ4n) is 1.84. The third kappa shape index (κ3) is 4.38. The molecule has 21 heavy (non-hydrogen) atoms. The predicted molar refractivity (Wildman–Crippen MR) is 78.9 cm³/mol. The van der Waals surface area contributed by atoms with E-state index in [2.05, 4.69) is 9.71 Å². The van der Waals surface area contributed by atoms with Crippen molar-refractivity contribution in [2.45, 2.75) is 17.7 Å². The van der Waals surface area contributed by atoms with Crippen LogP contribution in [0, 0.1) is 11.3 Å². The molecule has 0 bridgehead atoms. The summed E-state index contributed by atoms with van der Waals surface area (Å²) in [5.74, 6) is 0. The van der Waals surface area contributed by atoms with Crippen LogP contribution in [0.25, 0.3) is 0 Å². The van der Waals surface area contributed by atoms with Gasteiger partial charge in [-0.1, -0.05) is 18.2 Å². The van der Waals surface area contributed by atoms with E-state index in [0.717, 1.165) is 11.1 Å². The Labute approximate surface area is 124 Å². The normalized spacial score (nSPS) is 11.0. The molecule has 5 nitrogen and oxygen atoms in total. The average molecular weight is 301 g/mol. The lowest BCUT2D eigenvalue weighted by molar-refractivity contribution is 0.581. The van der Waals surface area contributed by atoms with Gasteiger partial charge in [-0.2, -0.15) is 5.26 Å². The average Bonchev–Trinajstić information content (AvgIpc) is 2.49. The van der Waals surface area contributed by atoms with Gasteiger partial charge in [0.1, 0.15) is 0 Å². The topological polar surface area (TPSA) is 82.8 Å². The Hall–Kier alpha value is -2.23. The van der Waals surface area contributed by atoms with Gasteiger partial charge in [0, 0.05) is 18.9 Å². The molecule has 108 valence electrons. The Bertz CT molecular complexity index is 720. The summed E-state index contributed by atoms with van der Waals surface area (Å²) >= 11 is 0. The first kappa shape index (κ1) is 15.2. The highest BCUT2D eigenvalue weighted by atomic mass is 32.2. The maximum atomic E-state index is 12.1. The van der Waals surface area contributed by atoms with Gasteiger partial charge in [-0.15, -0.1) is 0 Å². The number of pyridine rings is 1. The van der Waals surface area contributed by atoms with E-state index in [1.807, 2.05) is 18.2 Å². The third-order valence-corrected chi connectivity index (χ3v) is 4.42. The highest BCUT2D eigenvalue weighted by Gasteiger charge is 2.12. The minimum absolute atomic E-state index is 0.204. The zero-order valence-electron chi connectivity index (χ0n) is 11.4. The number of sulfonamides is 1. The Morgan fingerprint density at radius 1 is 1.14 bits per heavy atom. The van der Waals surface area contributed by atoms with E-state index in [0.29, 0.717) is 13.0 Å². The number of benzene rings is 1. The second-order valence-electron chi connectivity index (χ2n) is 4.49. The first-order chi connectivity index (χ1) is 10.1. The fourth-order valence-corrected chi connectivity index (χ4v) is 2.87.